The SMILES string of the molecule is C.COc1cccc(Nc2nc(-c3ccc(OC)c(OC)c3)cc3nccn23)c1. The van der Waals surface area contributed by atoms with Crippen molar-refractivity contribution in [2.45, 2.75) is 7.43 Å². The minimum absolute atomic E-state index is 0. The Bertz CT molecular complexity index is 1120. The summed E-state index contributed by atoms with van der Waals surface area (Å²) in [5.41, 5.74) is 3.32. The molecule has 2 aromatic heterocycles. The molecule has 0 fully saturated rings. The van der Waals surface area contributed by atoms with Gasteiger partial charge in [0.15, 0.2) is 11.5 Å². The second kappa shape index (κ2) is 8.52. The number of benzene rings is 2. The van der Waals surface area contributed by atoms with Crippen molar-refractivity contribution in [1.82, 2.24) is 14.4 Å². The summed E-state index contributed by atoms with van der Waals surface area (Å²) < 4.78 is 17.9. The van der Waals surface area contributed by atoms with E-state index in [1.165, 1.54) is 0 Å². The van der Waals surface area contributed by atoms with Crippen molar-refractivity contribution in [3.63, 3.8) is 0 Å². The summed E-state index contributed by atoms with van der Waals surface area (Å²) in [6, 6.07) is 15.3. The third-order valence-corrected chi connectivity index (χ3v) is 4.39. The molecular formula is C22H24N4O3. The first-order valence-electron chi connectivity index (χ1n) is 8.69. The maximum absolute atomic E-state index is 5.42. The molecule has 0 aliphatic rings. The zero-order valence-electron chi connectivity index (χ0n) is 15.8. The zero-order valence-corrected chi connectivity index (χ0v) is 15.8. The van der Waals surface area contributed by atoms with Gasteiger partial charge in [0.2, 0.25) is 5.95 Å². The summed E-state index contributed by atoms with van der Waals surface area (Å²) >= 11 is 0. The lowest BCUT2D eigenvalue weighted by molar-refractivity contribution is 0.355. The number of rotatable bonds is 6. The summed E-state index contributed by atoms with van der Waals surface area (Å²) in [5, 5.41) is 3.34. The first-order chi connectivity index (χ1) is 13.7. The standard InChI is InChI=1S/C21H20N4O3.CH4/c1-26-16-6-4-5-15(12-16)23-21-24-17(13-20-22-9-10-25(20)21)14-7-8-18(27-2)19(11-14)28-3;/h4-13H,1-3H3,(H,23,24);1H4. The first kappa shape index (κ1) is 20.0. The molecule has 29 heavy (non-hydrogen) atoms. The van der Waals surface area contributed by atoms with E-state index in [1.54, 1.807) is 27.5 Å². The number of fused-ring (bicyclic) bond motifs is 1. The van der Waals surface area contributed by atoms with E-state index in [2.05, 4.69) is 10.3 Å². The molecule has 0 aliphatic carbocycles. The predicted molar refractivity (Wildman–Crippen MR) is 115 cm³/mol. The lowest BCUT2D eigenvalue weighted by Crippen LogP contribution is -2.03. The molecule has 4 aromatic rings. The summed E-state index contributed by atoms with van der Waals surface area (Å²) in [4.78, 5) is 9.22. The van der Waals surface area contributed by atoms with Crippen molar-refractivity contribution in [2.75, 3.05) is 26.6 Å². The monoisotopic (exact) mass is 392 g/mol. The van der Waals surface area contributed by atoms with Crippen LogP contribution in [0.2, 0.25) is 0 Å². The Labute approximate surface area is 169 Å². The van der Waals surface area contributed by atoms with Crippen LogP contribution in [0.1, 0.15) is 7.43 Å². The molecule has 0 spiro atoms. The van der Waals surface area contributed by atoms with Crippen molar-refractivity contribution >= 4 is 17.3 Å². The van der Waals surface area contributed by atoms with Crippen molar-refractivity contribution in [3.05, 3.63) is 60.9 Å². The van der Waals surface area contributed by atoms with E-state index >= 15 is 0 Å². The van der Waals surface area contributed by atoms with Crippen LogP contribution in [0, 0.1) is 0 Å². The van der Waals surface area contributed by atoms with Crippen LogP contribution in [0.4, 0.5) is 11.6 Å². The highest BCUT2D eigenvalue weighted by molar-refractivity contribution is 5.70. The van der Waals surface area contributed by atoms with Crippen LogP contribution in [0.3, 0.4) is 0 Å². The Hall–Kier alpha value is -3.74. The largest absolute Gasteiger partial charge is 0.497 e. The average molecular weight is 392 g/mol. The van der Waals surface area contributed by atoms with E-state index in [-0.39, 0.29) is 7.43 Å². The van der Waals surface area contributed by atoms with Gasteiger partial charge in [-0.25, -0.2) is 9.97 Å². The lowest BCUT2D eigenvalue weighted by atomic mass is 10.1. The zero-order chi connectivity index (χ0) is 19.5. The van der Waals surface area contributed by atoms with Crippen molar-refractivity contribution in [2.24, 2.45) is 0 Å². The third kappa shape index (κ3) is 3.94. The van der Waals surface area contributed by atoms with E-state index in [9.17, 15) is 0 Å². The predicted octanol–water partition coefficient (Wildman–Crippen LogP) is 4.80. The smallest absolute Gasteiger partial charge is 0.213 e. The second-order valence-electron chi connectivity index (χ2n) is 6.05. The Morgan fingerprint density at radius 2 is 1.72 bits per heavy atom. The van der Waals surface area contributed by atoms with Gasteiger partial charge in [-0.05, 0) is 30.3 Å². The molecule has 0 atom stereocenters. The highest BCUT2D eigenvalue weighted by Gasteiger charge is 2.12. The van der Waals surface area contributed by atoms with Crippen LogP contribution in [0.25, 0.3) is 16.9 Å². The minimum Gasteiger partial charge on any atom is -0.497 e. The van der Waals surface area contributed by atoms with Gasteiger partial charge in [0, 0.05) is 35.8 Å². The number of imidazole rings is 1. The number of anilines is 2. The molecule has 0 unspecified atom stereocenters. The summed E-state index contributed by atoms with van der Waals surface area (Å²) in [6.07, 6.45) is 3.61. The normalized spacial score (nSPS) is 10.3. The van der Waals surface area contributed by atoms with Crippen LogP contribution in [-0.2, 0) is 0 Å². The molecule has 0 bridgehead atoms. The number of methoxy groups -OCH3 is 3. The fourth-order valence-corrected chi connectivity index (χ4v) is 2.98. The van der Waals surface area contributed by atoms with E-state index in [4.69, 9.17) is 19.2 Å². The van der Waals surface area contributed by atoms with Gasteiger partial charge in [-0.3, -0.25) is 4.40 Å². The van der Waals surface area contributed by atoms with Crippen LogP contribution in [0.15, 0.2) is 60.9 Å². The van der Waals surface area contributed by atoms with Crippen LogP contribution < -0.4 is 19.5 Å². The molecule has 1 N–H and O–H groups in total. The quantitative estimate of drug-likeness (QED) is 0.508. The van der Waals surface area contributed by atoms with E-state index in [0.717, 1.165) is 28.3 Å². The average Bonchev–Trinajstić information content (AvgIpc) is 3.22. The molecule has 7 nitrogen and oxygen atoms in total. The van der Waals surface area contributed by atoms with Gasteiger partial charge < -0.3 is 19.5 Å². The molecule has 4 rings (SSSR count). The number of hydrogen-bond acceptors (Lipinski definition) is 6. The molecule has 0 saturated carbocycles. The van der Waals surface area contributed by atoms with Crippen LogP contribution in [-0.4, -0.2) is 35.7 Å². The molecule has 2 heterocycles. The van der Waals surface area contributed by atoms with E-state index in [0.29, 0.717) is 17.4 Å². The second-order valence-corrected chi connectivity index (χ2v) is 6.05. The lowest BCUT2D eigenvalue weighted by Gasteiger charge is -2.13. The van der Waals surface area contributed by atoms with Gasteiger partial charge in [0.25, 0.3) is 0 Å². The topological polar surface area (TPSA) is 69.9 Å². The van der Waals surface area contributed by atoms with E-state index < -0.39 is 0 Å². The van der Waals surface area contributed by atoms with Gasteiger partial charge in [-0.1, -0.05) is 13.5 Å². The molecule has 7 heteroatoms. The minimum atomic E-state index is 0. The van der Waals surface area contributed by atoms with Gasteiger partial charge in [0.1, 0.15) is 11.4 Å². The molecule has 2 aromatic carbocycles. The molecule has 0 aliphatic heterocycles. The fraction of sp³-hybridized carbons (Fsp3) is 0.182. The van der Waals surface area contributed by atoms with Crippen molar-refractivity contribution in [3.8, 4) is 28.5 Å². The fourth-order valence-electron chi connectivity index (χ4n) is 2.98. The van der Waals surface area contributed by atoms with Crippen LogP contribution >= 0.6 is 0 Å². The number of aromatic nitrogens is 3. The number of ether oxygens (including phenoxy) is 3. The maximum atomic E-state index is 5.42. The van der Waals surface area contributed by atoms with Crippen molar-refractivity contribution < 1.29 is 14.2 Å². The highest BCUT2D eigenvalue weighted by Crippen LogP contribution is 2.32. The summed E-state index contributed by atoms with van der Waals surface area (Å²) in [7, 11) is 4.87. The van der Waals surface area contributed by atoms with Gasteiger partial charge in [-0.2, -0.15) is 0 Å². The first-order valence-corrected chi connectivity index (χ1v) is 8.69. The van der Waals surface area contributed by atoms with Gasteiger partial charge in [-0.15, -0.1) is 0 Å². The van der Waals surface area contributed by atoms with E-state index in [1.807, 2.05) is 59.1 Å². The molecule has 0 radical (unpaired) electrons. The van der Waals surface area contributed by atoms with Crippen LogP contribution in [0.5, 0.6) is 17.2 Å². The van der Waals surface area contributed by atoms with Gasteiger partial charge >= 0.3 is 0 Å². The Morgan fingerprint density at radius 3 is 2.48 bits per heavy atom. The number of nitrogens with one attached hydrogen (secondary N) is 1. The molecule has 150 valence electrons. The molecule has 0 saturated heterocycles. The summed E-state index contributed by atoms with van der Waals surface area (Å²) in [5.74, 6) is 2.73. The summed E-state index contributed by atoms with van der Waals surface area (Å²) in [6.45, 7) is 0. The highest BCUT2D eigenvalue weighted by atomic mass is 16.5. The van der Waals surface area contributed by atoms with Crippen molar-refractivity contribution in [1.29, 1.82) is 0 Å². The molecule has 0 amide bonds. The third-order valence-electron chi connectivity index (χ3n) is 4.39. The number of nitrogens with zero attached hydrogens (tertiary/aromatic N) is 3. The Balaban J connectivity index is 0.00000240. The maximum Gasteiger partial charge on any atom is 0.213 e. The Morgan fingerprint density at radius 1 is 0.897 bits per heavy atom. The Kier molecular flexibility index (Phi) is 5.87. The molecular weight excluding hydrogens is 368 g/mol. The number of hydrogen-bond donors (Lipinski definition) is 1. The van der Waals surface area contributed by atoms with Gasteiger partial charge in [0.05, 0.1) is 27.0 Å².